The highest BCUT2D eigenvalue weighted by atomic mass is 28.4. The number of allylic oxidation sites excluding steroid dienone is 1. The maximum absolute atomic E-state index is 7.01. The highest BCUT2D eigenvalue weighted by molar-refractivity contribution is 6.99. The van der Waals surface area contributed by atoms with Gasteiger partial charge in [-0.25, -0.2) is 0 Å². The van der Waals surface area contributed by atoms with Gasteiger partial charge >= 0.3 is 0 Å². The molecule has 0 fully saturated rings. The van der Waals surface area contributed by atoms with Crippen molar-refractivity contribution in [1.82, 2.24) is 5.32 Å². The number of rotatable bonds is 5. The van der Waals surface area contributed by atoms with Crippen molar-refractivity contribution < 1.29 is 4.43 Å². The van der Waals surface area contributed by atoms with Gasteiger partial charge in [-0.1, -0.05) is 93.6 Å². The van der Waals surface area contributed by atoms with Gasteiger partial charge < -0.3 is 9.74 Å². The Balaban J connectivity index is 2.00. The number of nitrogens with one attached hydrogen (secondary N) is 1. The summed E-state index contributed by atoms with van der Waals surface area (Å²) in [6, 6.07) is 22.2. The van der Waals surface area contributed by atoms with Crippen LogP contribution in [0.3, 0.4) is 0 Å². The molecule has 1 atom stereocenters. The van der Waals surface area contributed by atoms with E-state index in [-0.39, 0.29) is 5.04 Å². The van der Waals surface area contributed by atoms with E-state index in [1.807, 2.05) is 0 Å². The molecular weight excluding hydrogens is 334 g/mol. The van der Waals surface area contributed by atoms with E-state index in [0.29, 0.717) is 6.04 Å². The normalized spacial score (nSPS) is 18.5. The van der Waals surface area contributed by atoms with Crippen molar-refractivity contribution in [3.8, 4) is 0 Å². The van der Waals surface area contributed by atoms with Gasteiger partial charge in [0.25, 0.3) is 8.32 Å². The molecule has 1 heterocycles. The fraction of sp³-hybridized carbons (Fsp3) is 0.391. The van der Waals surface area contributed by atoms with E-state index in [0.717, 1.165) is 26.0 Å². The van der Waals surface area contributed by atoms with Gasteiger partial charge in [0.05, 0.1) is 6.61 Å². The van der Waals surface area contributed by atoms with Crippen molar-refractivity contribution >= 4 is 18.7 Å². The van der Waals surface area contributed by atoms with Crippen LogP contribution < -0.4 is 15.7 Å². The Morgan fingerprint density at radius 3 is 2.04 bits per heavy atom. The summed E-state index contributed by atoms with van der Waals surface area (Å²) >= 11 is 0. The van der Waals surface area contributed by atoms with Crippen LogP contribution in [0.5, 0.6) is 0 Å². The minimum absolute atomic E-state index is 0.0404. The van der Waals surface area contributed by atoms with Gasteiger partial charge in [0.15, 0.2) is 0 Å². The summed E-state index contributed by atoms with van der Waals surface area (Å²) in [6.45, 7) is 8.70. The molecule has 2 nitrogen and oxygen atoms in total. The van der Waals surface area contributed by atoms with Crippen LogP contribution in [0.2, 0.25) is 5.04 Å². The lowest BCUT2D eigenvalue weighted by Gasteiger charge is -2.43. The fourth-order valence-corrected chi connectivity index (χ4v) is 8.57. The Morgan fingerprint density at radius 2 is 1.50 bits per heavy atom. The molecule has 1 aliphatic rings. The van der Waals surface area contributed by atoms with E-state index in [2.05, 4.69) is 98.9 Å². The molecule has 0 radical (unpaired) electrons. The lowest BCUT2D eigenvalue weighted by Crippen LogP contribution is -2.67. The first kappa shape index (κ1) is 19.1. The second-order valence-corrected chi connectivity index (χ2v) is 12.4. The third-order valence-electron chi connectivity index (χ3n) is 5.29. The quantitative estimate of drug-likeness (QED) is 0.641. The standard InChI is InChI=1S/C23H31NOSi/c1-23(2,3)26(21-14-8-4-9-15-21,22-16-10-5-11-17-22)25-19-20-13-7-6-12-18-24-20/h4-6,8-12,14-17,20,24H,7,13,18-19H2,1-3H3/t20-/m0/s1. The summed E-state index contributed by atoms with van der Waals surface area (Å²) < 4.78 is 7.01. The molecule has 3 heteroatoms. The maximum Gasteiger partial charge on any atom is 0.261 e. The van der Waals surface area contributed by atoms with Gasteiger partial charge in [0.1, 0.15) is 0 Å². The number of benzene rings is 2. The highest BCUT2D eigenvalue weighted by Gasteiger charge is 2.50. The SMILES string of the molecule is CC(C)(C)[Si](OC[C@@H]1CCC=CCN1)(c1ccccc1)c1ccccc1. The summed E-state index contributed by atoms with van der Waals surface area (Å²) in [5, 5.41) is 6.36. The van der Waals surface area contributed by atoms with Crippen molar-refractivity contribution in [2.45, 2.75) is 44.7 Å². The van der Waals surface area contributed by atoms with Crippen LogP contribution in [0.4, 0.5) is 0 Å². The highest BCUT2D eigenvalue weighted by Crippen LogP contribution is 2.36. The predicted molar refractivity (Wildman–Crippen MR) is 114 cm³/mol. The Bertz CT molecular complexity index is 656. The second-order valence-electron chi connectivity index (χ2n) is 8.13. The van der Waals surface area contributed by atoms with Gasteiger partial charge in [-0.3, -0.25) is 0 Å². The average molecular weight is 366 g/mol. The van der Waals surface area contributed by atoms with Crippen LogP contribution in [0.15, 0.2) is 72.8 Å². The molecule has 0 saturated carbocycles. The van der Waals surface area contributed by atoms with E-state index in [9.17, 15) is 0 Å². The molecule has 0 unspecified atom stereocenters. The van der Waals surface area contributed by atoms with E-state index in [1.54, 1.807) is 0 Å². The molecule has 0 aliphatic carbocycles. The molecule has 1 aliphatic heterocycles. The molecular formula is C23H31NOSi. The summed E-state index contributed by atoms with van der Waals surface area (Å²) in [5.74, 6) is 0. The fourth-order valence-electron chi connectivity index (χ4n) is 3.96. The summed E-state index contributed by atoms with van der Waals surface area (Å²) in [5.41, 5.74) is 0. The molecule has 0 amide bonds. The predicted octanol–water partition coefficient (Wildman–Crippen LogP) is 3.87. The monoisotopic (exact) mass is 365 g/mol. The first-order valence-electron chi connectivity index (χ1n) is 9.67. The minimum atomic E-state index is -2.41. The Hall–Kier alpha value is -1.68. The molecule has 0 aromatic heterocycles. The van der Waals surface area contributed by atoms with Crippen molar-refractivity contribution in [3.05, 3.63) is 72.8 Å². The molecule has 2 aromatic carbocycles. The zero-order valence-corrected chi connectivity index (χ0v) is 17.2. The molecule has 0 bridgehead atoms. The Labute approximate surface area is 159 Å². The molecule has 3 rings (SSSR count). The topological polar surface area (TPSA) is 21.3 Å². The lowest BCUT2D eigenvalue weighted by molar-refractivity contribution is 0.248. The van der Waals surface area contributed by atoms with Gasteiger partial charge in [0.2, 0.25) is 0 Å². The number of hydrogen-bond acceptors (Lipinski definition) is 2. The summed E-state index contributed by atoms with van der Waals surface area (Å²) in [6.07, 6.45) is 6.76. The first-order chi connectivity index (χ1) is 12.5. The van der Waals surface area contributed by atoms with Crippen LogP contribution in [0.25, 0.3) is 0 Å². The van der Waals surface area contributed by atoms with Crippen molar-refractivity contribution in [3.63, 3.8) is 0 Å². The lowest BCUT2D eigenvalue weighted by atomic mass is 10.2. The zero-order chi connectivity index (χ0) is 18.5. The van der Waals surface area contributed by atoms with Crippen LogP contribution in [0, 0.1) is 0 Å². The maximum atomic E-state index is 7.01. The van der Waals surface area contributed by atoms with Gasteiger partial charge in [-0.15, -0.1) is 0 Å². The van der Waals surface area contributed by atoms with Crippen LogP contribution >= 0.6 is 0 Å². The van der Waals surface area contributed by atoms with E-state index < -0.39 is 8.32 Å². The first-order valence-corrected chi connectivity index (χ1v) is 11.6. The van der Waals surface area contributed by atoms with Crippen molar-refractivity contribution in [1.29, 1.82) is 0 Å². The second kappa shape index (κ2) is 8.34. The molecule has 2 aromatic rings. The van der Waals surface area contributed by atoms with Crippen LogP contribution in [-0.2, 0) is 4.43 Å². The molecule has 0 spiro atoms. The summed E-state index contributed by atoms with van der Waals surface area (Å²) in [7, 11) is -2.41. The van der Waals surface area contributed by atoms with Crippen molar-refractivity contribution in [2.75, 3.05) is 13.2 Å². The van der Waals surface area contributed by atoms with Crippen molar-refractivity contribution in [2.24, 2.45) is 0 Å². The van der Waals surface area contributed by atoms with Gasteiger partial charge in [-0.2, -0.15) is 0 Å². The Morgan fingerprint density at radius 1 is 0.923 bits per heavy atom. The average Bonchev–Trinajstić information content (AvgIpc) is 2.92. The van der Waals surface area contributed by atoms with Crippen LogP contribution in [-0.4, -0.2) is 27.5 Å². The third kappa shape index (κ3) is 4.01. The summed E-state index contributed by atoms with van der Waals surface area (Å²) in [4.78, 5) is 0. The minimum Gasteiger partial charge on any atom is -0.406 e. The molecule has 138 valence electrons. The zero-order valence-electron chi connectivity index (χ0n) is 16.2. The molecule has 0 saturated heterocycles. The third-order valence-corrected chi connectivity index (χ3v) is 10.3. The van der Waals surface area contributed by atoms with Crippen LogP contribution in [0.1, 0.15) is 33.6 Å². The van der Waals surface area contributed by atoms with Gasteiger partial charge in [0, 0.05) is 12.6 Å². The number of hydrogen-bond donors (Lipinski definition) is 1. The van der Waals surface area contributed by atoms with E-state index >= 15 is 0 Å². The van der Waals surface area contributed by atoms with Gasteiger partial charge in [-0.05, 0) is 28.3 Å². The van der Waals surface area contributed by atoms with E-state index in [1.165, 1.54) is 10.4 Å². The smallest absolute Gasteiger partial charge is 0.261 e. The Kier molecular flexibility index (Phi) is 6.12. The van der Waals surface area contributed by atoms with E-state index in [4.69, 9.17) is 4.43 Å². The molecule has 26 heavy (non-hydrogen) atoms. The molecule has 1 N–H and O–H groups in total. The largest absolute Gasteiger partial charge is 0.406 e.